The maximum Gasteiger partial charge on any atom is 0.337 e. The lowest BCUT2D eigenvalue weighted by Gasteiger charge is -2.05. The molecule has 0 aliphatic heterocycles. The van der Waals surface area contributed by atoms with Crippen LogP contribution in [0.5, 0.6) is 0 Å². The summed E-state index contributed by atoms with van der Waals surface area (Å²) in [5.41, 5.74) is 1.29. The highest BCUT2D eigenvalue weighted by molar-refractivity contribution is 6.04. The highest BCUT2D eigenvalue weighted by Gasteiger charge is 2.15. The number of methoxy groups -OCH3 is 1. The Balaban J connectivity index is 2.18. The van der Waals surface area contributed by atoms with Crippen molar-refractivity contribution in [2.45, 2.75) is 6.92 Å². The summed E-state index contributed by atoms with van der Waals surface area (Å²) in [6.45, 7) is 1.61. The highest BCUT2D eigenvalue weighted by atomic mass is 16.6. The second-order valence-electron chi connectivity index (χ2n) is 3.72. The van der Waals surface area contributed by atoms with Crippen molar-refractivity contribution in [3.63, 3.8) is 0 Å². The highest BCUT2D eigenvalue weighted by Crippen LogP contribution is 2.13. The Kier molecular flexibility index (Phi) is 3.56. The summed E-state index contributed by atoms with van der Waals surface area (Å²) >= 11 is 0. The fourth-order valence-corrected chi connectivity index (χ4v) is 1.47. The van der Waals surface area contributed by atoms with Gasteiger partial charge in [0, 0.05) is 5.69 Å². The monoisotopic (exact) mass is 261 g/mol. The molecule has 1 aromatic heterocycles. The molecule has 1 aromatic carbocycles. The summed E-state index contributed by atoms with van der Waals surface area (Å²) in [6, 6.07) is 6.37. The van der Waals surface area contributed by atoms with Crippen molar-refractivity contribution in [1.29, 1.82) is 0 Å². The number of hydrogen-bond donors (Lipinski definition) is 1. The quantitative estimate of drug-likeness (QED) is 0.839. The molecule has 0 unspecified atom stereocenters. The van der Waals surface area contributed by atoms with Crippen molar-refractivity contribution in [2.24, 2.45) is 0 Å². The average molecular weight is 261 g/mol. The van der Waals surface area contributed by atoms with Crippen LogP contribution in [0.4, 0.5) is 5.69 Å². The van der Waals surface area contributed by atoms with Crippen LogP contribution >= 0.6 is 0 Å². The summed E-state index contributed by atoms with van der Waals surface area (Å²) in [5, 5.41) is 9.61. The van der Waals surface area contributed by atoms with Gasteiger partial charge in [0.1, 0.15) is 5.69 Å². The van der Waals surface area contributed by atoms with Crippen LogP contribution in [0.25, 0.3) is 0 Å². The number of amides is 1. The van der Waals surface area contributed by atoms with Crippen LogP contribution in [0.1, 0.15) is 26.5 Å². The van der Waals surface area contributed by atoms with Crippen LogP contribution in [0.2, 0.25) is 0 Å². The number of rotatable bonds is 3. The fourth-order valence-electron chi connectivity index (χ4n) is 1.47. The number of benzene rings is 1. The average Bonchev–Trinajstić information content (AvgIpc) is 2.84. The molecule has 0 aliphatic carbocycles. The Labute approximate surface area is 108 Å². The molecular formula is C12H11N3O4. The molecule has 0 saturated heterocycles. The van der Waals surface area contributed by atoms with Crippen LogP contribution in [0, 0.1) is 6.92 Å². The predicted octanol–water partition coefficient (Wildman–Crippen LogP) is 1.42. The Bertz CT molecular complexity index is 621. The van der Waals surface area contributed by atoms with E-state index in [1.807, 2.05) is 0 Å². The zero-order chi connectivity index (χ0) is 13.8. The van der Waals surface area contributed by atoms with Crippen LogP contribution in [-0.4, -0.2) is 29.3 Å². The number of esters is 1. The van der Waals surface area contributed by atoms with E-state index in [2.05, 4.69) is 25.0 Å². The van der Waals surface area contributed by atoms with Gasteiger partial charge in [0.15, 0.2) is 5.69 Å². The number of anilines is 1. The molecule has 0 fully saturated rings. The molecule has 2 aromatic rings. The molecule has 0 aliphatic rings. The minimum absolute atomic E-state index is 0.100. The lowest BCUT2D eigenvalue weighted by atomic mass is 10.2. The van der Waals surface area contributed by atoms with Gasteiger partial charge in [0.2, 0.25) is 0 Å². The second kappa shape index (κ2) is 5.30. The Hall–Kier alpha value is -2.70. The Morgan fingerprint density at radius 3 is 2.74 bits per heavy atom. The fraction of sp³-hybridized carbons (Fsp3) is 0.167. The molecule has 19 heavy (non-hydrogen) atoms. The topological polar surface area (TPSA) is 94.3 Å². The first-order valence-electron chi connectivity index (χ1n) is 5.40. The van der Waals surface area contributed by atoms with E-state index in [0.717, 1.165) is 0 Å². The molecule has 0 atom stereocenters. The standard InChI is InChI=1S/C12H11N3O4/c1-7-10(15-19-14-7)11(16)13-9-5-3-4-8(6-9)12(17)18-2/h3-6H,1-2H3,(H,13,16). The zero-order valence-electron chi connectivity index (χ0n) is 10.3. The summed E-state index contributed by atoms with van der Waals surface area (Å²) in [4.78, 5) is 23.2. The van der Waals surface area contributed by atoms with Crippen LogP contribution in [-0.2, 0) is 4.74 Å². The summed E-state index contributed by atoms with van der Waals surface area (Å²) < 4.78 is 9.05. The van der Waals surface area contributed by atoms with Crippen LogP contribution in [0.3, 0.4) is 0 Å². The molecule has 1 N–H and O–H groups in total. The number of carbonyl (C=O) groups excluding carboxylic acids is 2. The number of ether oxygens (including phenoxy) is 1. The molecule has 0 spiro atoms. The van der Waals surface area contributed by atoms with Gasteiger partial charge < -0.3 is 10.1 Å². The lowest BCUT2D eigenvalue weighted by Crippen LogP contribution is -2.14. The third kappa shape index (κ3) is 2.76. The number of hydrogen-bond acceptors (Lipinski definition) is 6. The van der Waals surface area contributed by atoms with Gasteiger partial charge in [-0.15, -0.1) is 0 Å². The molecule has 98 valence electrons. The third-order valence-corrected chi connectivity index (χ3v) is 2.41. The van der Waals surface area contributed by atoms with E-state index in [-0.39, 0.29) is 5.69 Å². The van der Waals surface area contributed by atoms with Crippen LogP contribution < -0.4 is 5.32 Å². The molecule has 0 saturated carbocycles. The third-order valence-electron chi connectivity index (χ3n) is 2.41. The number of nitrogens with one attached hydrogen (secondary N) is 1. The number of carbonyl (C=O) groups is 2. The van der Waals surface area contributed by atoms with E-state index < -0.39 is 11.9 Å². The van der Waals surface area contributed by atoms with Gasteiger partial charge in [-0.2, -0.15) is 0 Å². The Morgan fingerprint density at radius 1 is 1.32 bits per heavy atom. The van der Waals surface area contributed by atoms with E-state index >= 15 is 0 Å². The SMILES string of the molecule is COC(=O)c1cccc(NC(=O)c2nonc2C)c1. The van der Waals surface area contributed by atoms with Crippen molar-refractivity contribution in [1.82, 2.24) is 10.3 Å². The van der Waals surface area contributed by atoms with Crippen molar-refractivity contribution in [3.8, 4) is 0 Å². The summed E-state index contributed by atoms with van der Waals surface area (Å²) in [7, 11) is 1.29. The van der Waals surface area contributed by atoms with Gasteiger partial charge in [0.25, 0.3) is 5.91 Å². The Morgan fingerprint density at radius 2 is 2.11 bits per heavy atom. The maximum atomic E-state index is 11.9. The smallest absolute Gasteiger partial charge is 0.337 e. The molecule has 0 radical (unpaired) electrons. The molecular weight excluding hydrogens is 250 g/mol. The number of aromatic nitrogens is 2. The molecule has 7 heteroatoms. The maximum absolute atomic E-state index is 11.9. The molecule has 2 rings (SSSR count). The lowest BCUT2D eigenvalue weighted by molar-refractivity contribution is 0.0600. The van der Waals surface area contributed by atoms with Crippen molar-refractivity contribution >= 4 is 17.6 Å². The first-order chi connectivity index (χ1) is 9.11. The van der Waals surface area contributed by atoms with Crippen molar-refractivity contribution in [3.05, 3.63) is 41.2 Å². The number of nitrogens with zero attached hydrogens (tertiary/aromatic N) is 2. The van der Waals surface area contributed by atoms with E-state index in [1.54, 1.807) is 25.1 Å². The van der Waals surface area contributed by atoms with E-state index in [9.17, 15) is 9.59 Å². The second-order valence-corrected chi connectivity index (χ2v) is 3.72. The van der Waals surface area contributed by atoms with Gasteiger partial charge in [-0.25, -0.2) is 9.42 Å². The number of aryl methyl sites for hydroxylation is 1. The van der Waals surface area contributed by atoms with E-state index in [0.29, 0.717) is 16.9 Å². The zero-order valence-corrected chi connectivity index (χ0v) is 10.3. The predicted molar refractivity (Wildman–Crippen MR) is 64.8 cm³/mol. The first-order valence-corrected chi connectivity index (χ1v) is 5.40. The molecule has 1 amide bonds. The van der Waals surface area contributed by atoms with Gasteiger partial charge in [-0.3, -0.25) is 4.79 Å². The van der Waals surface area contributed by atoms with Gasteiger partial charge in [-0.1, -0.05) is 11.2 Å². The molecule has 1 heterocycles. The normalized spacial score (nSPS) is 10.0. The minimum atomic E-state index is -0.476. The van der Waals surface area contributed by atoms with E-state index in [1.165, 1.54) is 13.2 Å². The molecule has 7 nitrogen and oxygen atoms in total. The van der Waals surface area contributed by atoms with Crippen molar-refractivity contribution in [2.75, 3.05) is 12.4 Å². The summed E-state index contributed by atoms with van der Waals surface area (Å²) in [6.07, 6.45) is 0. The summed E-state index contributed by atoms with van der Waals surface area (Å²) in [5.74, 6) is -0.934. The van der Waals surface area contributed by atoms with E-state index in [4.69, 9.17) is 0 Å². The van der Waals surface area contributed by atoms with Crippen LogP contribution in [0.15, 0.2) is 28.9 Å². The van der Waals surface area contributed by atoms with Gasteiger partial charge in [0.05, 0.1) is 12.7 Å². The van der Waals surface area contributed by atoms with Crippen molar-refractivity contribution < 1.29 is 19.0 Å². The molecule has 0 bridgehead atoms. The van der Waals surface area contributed by atoms with Gasteiger partial charge >= 0.3 is 5.97 Å². The van der Waals surface area contributed by atoms with Gasteiger partial charge in [-0.05, 0) is 30.3 Å². The minimum Gasteiger partial charge on any atom is -0.465 e. The first kappa shape index (κ1) is 12.7. The largest absolute Gasteiger partial charge is 0.465 e.